The molecule has 1 saturated heterocycles. The lowest BCUT2D eigenvalue weighted by atomic mass is 10.0. The van der Waals surface area contributed by atoms with Gasteiger partial charge in [0.15, 0.2) is 0 Å². The Morgan fingerprint density at radius 2 is 1.58 bits per heavy atom. The summed E-state index contributed by atoms with van der Waals surface area (Å²) in [6, 6.07) is 13.0. The van der Waals surface area contributed by atoms with Gasteiger partial charge in [-0.2, -0.15) is 0 Å². The van der Waals surface area contributed by atoms with Crippen LogP contribution in [0.2, 0.25) is 0 Å². The van der Waals surface area contributed by atoms with E-state index >= 15 is 0 Å². The normalized spacial score (nSPS) is 19.1. The molecule has 0 bridgehead atoms. The smallest absolute Gasteiger partial charge is 0.263 e. The second-order valence-electron chi connectivity index (χ2n) is 6.43. The van der Waals surface area contributed by atoms with Gasteiger partial charge in [0.05, 0.1) is 6.54 Å². The molecule has 24 heavy (non-hydrogen) atoms. The molecule has 0 N–H and O–H groups in total. The Bertz CT molecular complexity index is 834. The number of benzene rings is 2. The average molecular weight is 322 g/mol. The lowest BCUT2D eigenvalue weighted by Gasteiger charge is -2.21. The van der Waals surface area contributed by atoms with E-state index in [1.165, 1.54) is 4.90 Å². The number of hydrogen-bond acceptors (Lipinski definition) is 3. The molecule has 0 radical (unpaired) electrons. The molecule has 0 atom stereocenters. The van der Waals surface area contributed by atoms with Crippen LogP contribution in [0.25, 0.3) is 10.8 Å². The minimum atomic E-state index is -0.708. The Balaban J connectivity index is 1.65. The first-order valence-electron chi connectivity index (χ1n) is 8.32. The molecule has 2 aliphatic rings. The number of hydrogen-bond donors (Lipinski definition) is 0. The third-order valence-electron chi connectivity index (χ3n) is 4.98. The van der Waals surface area contributed by atoms with Crippen molar-refractivity contribution < 1.29 is 14.4 Å². The third kappa shape index (κ3) is 2.28. The quantitative estimate of drug-likeness (QED) is 0.644. The van der Waals surface area contributed by atoms with Crippen molar-refractivity contribution in [1.29, 1.82) is 0 Å². The summed E-state index contributed by atoms with van der Waals surface area (Å²) in [4.78, 5) is 39.5. The zero-order valence-corrected chi connectivity index (χ0v) is 13.3. The molecule has 4 amide bonds. The van der Waals surface area contributed by atoms with Crippen LogP contribution in [-0.2, 0) is 16.1 Å². The van der Waals surface area contributed by atoms with Crippen molar-refractivity contribution in [3.63, 3.8) is 0 Å². The predicted octanol–water partition coefficient (Wildman–Crippen LogP) is 3.07. The summed E-state index contributed by atoms with van der Waals surface area (Å²) >= 11 is 0. The van der Waals surface area contributed by atoms with Gasteiger partial charge >= 0.3 is 17.8 Å². The number of fused-ring (bicyclic) bond motifs is 1. The number of amides is 4. The summed E-state index contributed by atoms with van der Waals surface area (Å²) in [5, 5.41) is 2.04. The highest BCUT2D eigenvalue weighted by Gasteiger charge is 2.47. The zero-order valence-electron chi connectivity index (χ0n) is 13.3. The predicted molar refractivity (Wildman–Crippen MR) is 89.0 cm³/mol. The summed E-state index contributed by atoms with van der Waals surface area (Å²) < 4.78 is 0. The summed E-state index contributed by atoms with van der Waals surface area (Å²) in [5.41, 5.74) is 0.871. The number of imide groups is 2. The monoisotopic (exact) mass is 322 g/mol. The van der Waals surface area contributed by atoms with E-state index in [4.69, 9.17) is 0 Å². The van der Waals surface area contributed by atoms with Crippen LogP contribution in [0.5, 0.6) is 0 Å². The Morgan fingerprint density at radius 1 is 0.875 bits per heavy atom. The Hall–Kier alpha value is -2.69. The Morgan fingerprint density at radius 3 is 2.38 bits per heavy atom. The highest BCUT2D eigenvalue weighted by Crippen LogP contribution is 2.29. The van der Waals surface area contributed by atoms with E-state index in [1.807, 2.05) is 42.5 Å². The summed E-state index contributed by atoms with van der Waals surface area (Å²) in [6.45, 7) is 0.133. The molecule has 1 aliphatic carbocycles. The van der Waals surface area contributed by atoms with Crippen LogP contribution in [0.4, 0.5) is 4.79 Å². The number of carbonyl (C=O) groups excluding carboxylic acids is 3. The second-order valence-corrected chi connectivity index (χ2v) is 6.43. The minimum Gasteiger partial charge on any atom is -0.263 e. The maximum atomic E-state index is 12.7. The SMILES string of the molecule is O=C1C(=O)N(C2CCCC2)C(=O)N1Cc1cccc2ccccc12. The van der Waals surface area contributed by atoms with E-state index in [0.29, 0.717) is 0 Å². The van der Waals surface area contributed by atoms with Crippen LogP contribution in [0.1, 0.15) is 31.2 Å². The fraction of sp³-hybridized carbons (Fsp3) is 0.316. The highest BCUT2D eigenvalue weighted by molar-refractivity contribution is 6.44. The number of nitrogens with zero attached hydrogens (tertiary/aromatic N) is 2. The Labute approximate surface area is 139 Å². The van der Waals surface area contributed by atoms with Crippen LogP contribution < -0.4 is 0 Å². The third-order valence-corrected chi connectivity index (χ3v) is 4.98. The van der Waals surface area contributed by atoms with Gasteiger partial charge in [-0.15, -0.1) is 0 Å². The van der Waals surface area contributed by atoms with E-state index < -0.39 is 17.8 Å². The lowest BCUT2D eigenvalue weighted by molar-refractivity contribution is -0.144. The first kappa shape index (κ1) is 14.9. The molecular formula is C19H18N2O3. The molecule has 1 heterocycles. The summed E-state index contributed by atoms with van der Waals surface area (Å²) in [7, 11) is 0. The van der Waals surface area contributed by atoms with Crippen molar-refractivity contribution in [1.82, 2.24) is 9.80 Å². The fourth-order valence-corrected chi connectivity index (χ4v) is 3.75. The molecule has 0 aromatic heterocycles. The van der Waals surface area contributed by atoms with Crippen molar-refractivity contribution in [2.45, 2.75) is 38.3 Å². The number of carbonyl (C=O) groups is 3. The van der Waals surface area contributed by atoms with Crippen molar-refractivity contribution in [3.8, 4) is 0 Å². The van der Waals surface area contributed by atoms with Gasteiger partial charge in [-0.25, -0.2) is 4.79 Å². The molecule has 2 fully saturated rings. The maximum absolute atomic E-state index is 12.7. The van der Waals surface area contributed by atoms with Gasteiger partial charge < -0.3 is 0 Å². The maximum Gasteiger partial charge on any atom is 0.334 e. The topological polar surface area (TPSA) is 57.7 Å². The first-order chi connectivity index (χ1) is 11.7. The molecule has 0 spiro atoms. The van der Waals surface area contributed by atoms with E-state index in [0.717, 1.165) is 46.9 Å². The van der Waals surface area contributed by atoms with Crippen molar-refractivity contribution >= 4 is 28.6 Å². The molecule has 5 heteroatoms. The molecule has 2 aromatic carbocycles. The lowest BCUT2D eigenvalue weighted by Crippen LogP contribution is -2.39. The molecule has 0 unspecified atom stereocenters. The standard InChI is InChI=1S/C19H18N2O3/c22-17-18(23)21(15-9-2-3-10-15)19(24)20(17)12-14-8-5-7-13-6-1-4-11-16(13)14/h1,4-8,11,15H,2-3,9-10,12H2. The summed E-state index contributed by atoms with van der Waals surface area (Å²) in [5.74, 6) is -1.38. The van der Waals surface area contributed by atoms with Crippen molar-refractivity contribution in [2.75, 3.05) is 0 Å². The van der Waals surface area contributed by atoms with Gasteiger partial charge in [-0.1, -0.05) is 55.3 Å². The molecule has 2 aromatic rings. The zero-order chi connectivity index (χ0) is 16.7. The van der Waals surface area contributed by atoms with E-state index in [1.54, 1.807) is 0 Å². The molecule has 1 aliphatic heterocycles. The highest BCUT2D eigenvalue weighted by atomic mass is 16.2. The van der Waals surface area contributed by atoms with E-state index in [-0.39, 0.29) is 12.6 Å². The van der Waals surface area contributed by atoms with Gasteiger partial charge in [0.1, 0.15) is 0 Å². The summed E-state index contributed by atoms with van der Waals surface area (Å²) in [6.07, 6.45) is 3.60. The van der Waals surface area contributed by atoms with Gasteiger partial charge in [0.25, 0.3) is 0 Å². The van der Waals surface area contributed by atoms with Crippen molar-refractivity contribution in [3.05, 3.63) is 48.0 Å². The van der Waals surface area contributed by atoms with E-state index in [9.17, 15) is 14.4 Å². The average Bonchev–Trinajstić information content (AvgIpc) is 3.19. The van der Waals surface area contributed by atoms with Gasteiger partial charge in [-0.05, 0) is 29.2 Å². The van der Waals surface area contributed by atoms with Crippen LogP contribution in [0.3, 0.4) is 0 Å². The van der Waals surface area contributed by atoms with Crippen LogP contribution >= 0.6 is 0 Å². The van der Waals surface area contributed by atoms with Gasteiger partial charge in [0.2, 0.25) is 0 Å². The minimum absolute atomic E-state index is 0.119. The molecule has 1 saturated carbocycles. The van der Waals surface area contributed by atoms with Crippen molar-refractivity contribution in [2.24, 2.45) is 0 Å². The second kappa shape index (κ2) is 5.74. The largest absolute Gasteiger partial charge is 0.334 e. The molecule has 5 nitrogen and oxygen atoms in total. The van der Waals surface area contributed by atoms with Crippen LogP contribution in [-0.4, -0.2) is 33.7 Å². The first-order valence-corrected chi connectivity index (χ1v) is 8.32. The molecule has 122 valence electrons. The number of urea groups is 1. The Kier molecular flexibility index (Phi) is 3.56. The van der Waals surface area contributed by atoms with E-state index in [2.05, 4.69) is 0 Å². The number of rotatable bonds is 3. The van der Waals surface area contributed by atoms with Crippen LogP contribution in [0.15, 0.2) is 42.5 Å². The molecule has 4 rings (SSSR count). The van der Waals surface area contributed by atoms with Crippen LogP contribution in [0, 0.1) is 0 Å². The van der Waals surface area contributed by atoms with Gasteiger partial charge in [0, 0.05) is 6.04 Å². The fourth-order valence-electron chi connectivity index (χ4n) is 3.75. The van der Waals surface area contributed by atoms with Gasteiger partial charge in [-0.3, -0.25) is 19.4 Å². The molecular weight excluding hydrogens is 304 g/mol.